The number of nitrogens with zero attached hydrogens (tertiary/aromatic N) is 2. The maximum Gasteiger partial charge on any atom is 0.194 e. The number of hydrogen-bond acceptors (Lipinski definition) is 4. The molecule has 0 saturated carbocycles. The van der Waals surface area contributed by atoms with Crippen molar-refractivity contribution < 1.29 is 13.2 Å². The zero-order chi connectivity index (χ0) is 18.7. The minimum absolute atomic E-state index is 0. The van der Waals surface area contributed by atoms with Crippen LogP contribution in [-0.2, 0) is 16.4 Å². The molecule has 0 bridgehead atoms. The van der Waals surface area contributed by atoms with Gasteiger partial charge < -0.3 is 15.0 Å². The Bertz CT molecular complexity index is 754. The van der Waals surface area contributed by atoms with Crippen LogP contribution in [0.4, 0.5) is 0 Å². The summed E-state index contributed by atoms with van der Waals surface area (Å²) in [5, 5.41) is 3.87. The molecule has 6 nitrogen and oxygen atoms in total. The number of hydrogen-bond donors (Lipinski definition) is 1. The van der Waals surface area contributed by atoms with Gasteiger partial charge in [-0.2, -0.15) is 0 Å². The Labute approximate surface area is 178 Å². The molecule has 1 fully saturated rings. The Balaban J connectivity index is 0.00000338. The molecule has 148 valence electrons. The summed E-state index contributed by atoms with van der Waals surface area (Å²) < 4.78 is 29.0. The van der Waals surface area contributed by atoms with Crippen molar-refractivity contribution in [2.45, 2.75) is 32.1 Å². The molecule has 0 amide bonds. The van der Waals surface area contributed by atoms with Crippen molar-refractivity contribution in [2.24, 2.45) is 4.99 Å². The molecule has 1 aliphatic heterocycles. The van der Waals surface area contributed by atoms with Gasteiger partial charge in [0.2, 0.25) is 0 Å². The maximum absolute atomic E-state index is 12.2. The molecule has 0 aromatic heterocycles. The fourth-order valence-electron chi connectivity index (χ4n) is 2.78. The topological polar surface area (TPSA) is 71.0 Å². The van der Waals surface area contributed by atoms with E-state index in [0.29, 0.717) is 37.2 Å². The van der Waals surface area contributed by atoms with E-state index in [4.69, 9.17) is 16.3 Å². The average molecular weight is 516 g/mol. The van der Waals surface area contributed by atoms with Crippen molar-refractivity contribution in [3.8, 4) is 5.75 Å². The molecule has 1 N–H and O–H groups in total. The predicted octanol–water partition coefficient (Wildman–Crippen LogP) is 2.94. The van der Waals surface area contributed by atoms with E-state index >= 15 is 0 Å². The smallest absolute Gasteiger partial charge is 0.194 e. The summed E-state index contributed by atoms with van der Waals surface area (Å²) in [4.78, 5) is 6.67. The average Bonchev–Trinajstić information content (AvgIpc) is 2.54. The summed E-state index contributed by atoms with van der Waals surface area (Å²) in [5.74, 6) is 1.56. The van der Waals surface area contributed by atoms with Crippen molar-refractivity contribution in [3.05, 3.63) is 28.8 Å². The lowest BCUT2D eigenvalue weighted by atomic mass is 10.2. The fourth-order valence-corrected chi connectivity index (χ4v) is 4.34. The first-order valence-electron chi connectivity index (χ1n) is 8.28. The third kappa shape index (κ3) is 5.39. The highest BCUT2D eigenvalue weighted by Crippen LogP contribution is 2.25. The molecule has 0 atom stereocenters. The Morgan fingerprint density at radius 1 is 1.42 bits per heavy atom. The van der Waals surface area contributed by atoms with Crippen LogP contribution < -0.4 is 10.1 Å². The lowest BCUT2D eigenvalue weighted by molar-refractivity contribution is 0.353. The van der Waals surface area contributed by atoms with Crippen LogP contribution >= 0.6 is 35.6 Å². The standard InChI is InChI=1S/C17H26ClN3O3S.HI/c1-5-19-16(21-8-9-25(22,23)17(2,3)12-21)20-11-13-10-14(18)6-7-15(13)24-4;/h6-7,10H,5,8-9,11-12H2,1-4H3,(H,19,20);1H. The van der Waals surface area contributed by atoms with Crippen molar-refractivity contribution in [1.82, 2.24) is 10.2 Å². The number of halogens is 2. The molecular weight excluding hydrogens is 489 g/mol. The van der Waals surface area contributed by atoms with E-state index in [1.807, 2.05) is 24.0 Å². The van der Waals surface area contributed by atoms with Crippen molar-refractivity contribution in [2.75, 3.05) is 32.5 Å². The van der Waals surface area contributed by atoms with Gasteiger partial charge in [0.05, 0.1) is 24.2 Å². The van der Waals surface area contributed by atoms with Crippen LogP contribution in [0.25, 0.3) is 0 Å². The number of benzene rings is 1. The molecule has 1 heterocycles. The molecule has 0 spiro atoms. The Kier molecular flexibility index (Phi) is 8.47. The lowest BCUT2D eigenvalue weighted by Gasteiger charge is -2.39. The van der Waals surface area contributed by atoms with Gasteiger partial charge in [-0.15, -0.1) is 24.0 Å². The zero-order valence-corrected chi connectivity index (χ0v) is 19.5. The van der Waals surface area contributed by atoms with Gasteiger partial charge in [0.1, 0.15) is 5.75 Å². The highest BCUT2D eigenvalue weighted by atomic mass is 127. The Morgan fingerprint density at radius 2 is 2.12 bits per heavy atom. The number of nitrogens with one attached hydrogen (secondary N) is 1. The van der Waals surface area contributed by atoms with Crippen molar-refractivity contribution >= 4 is 51.4 Å². The third-order valence-corrected chi connectivity index (χ3v) is 7.09. The van der Waals surface area contributed by atoms with Gasteiger partial charge in [-0.3, -0.25) is 0 Å². The first-order valence-corrected chi connectivity index (χ1v) is 10.3. The van der Waals surface area contributed by atoms with Crippen LogP contribution in [0, 0.1) is 0 Å². The molecule has 0 radical (unpaired) electrons. The van der Waals surface area contributed by atoms with E-state index in [2.05, 4.69) is 10.3 Å². The second-order valence-electron chi connectivity index (χ2n) is 6.63. The molecule has 2 rings (SSSR count). The van der Waals surface area contributed by atoms with Gasteiger partial charge in [-0.25, -0.2) is 13.4 Å². The van der Waals surface area contributed by atoms with Gasteiger partial charge in [0.25, 0.3) is 0 Å². The predicted molar refractivity (Wildman–Crippen MR) is 118 cm³/mol. The number of rotatable bonds is 4. The van der Waals surface area contributed by atoms with Crippen molar-refractivity contribution in [1.29, 1.82) is 0 Å². The fraction of sp³-hybridized carbons (Fsp3) is 0.588. The number of aliphatic imine (C=N–C) groups is 1. The number of sulfone groups is 1. The zero-order valence-electron chi connectivity index (χ0n) is 15.6. The van der Waals surface area contributed by atoms with Crippen molar-refractivity contribution in [3.63, 3.8) is 0 Å². The van der Waals surface area contributed by atoms with Crippen LogP contribution in [0.15, 0.2) is 23.2 Å². The number of methoxy groups -OCH3 is 1. The summed E-state index contributed by atoms with van der Waals surface area (Å²) in [6.45, 7) is 7.46. The minimum atomic E-state index is -3.09. The van der Waals surface area contributed by atoms with Gasteiger partial charge in [-0.1, -0.05) is 11.6 Å². The van der Waals surface area contributed by atoms with Crippen LogP contribution in [0.1, 0.15) is 26.3 Å². The number of guanidine groups is 1. The van der Waals surface area contributed by atoms with Crippen LogP contribution in [0.2, 0.25) is 5.02 Å². The van der Waals surface area contributed by atoms with E-state index in [1.54, 1.807) is 27.0 Å². The van der Waals surface area contributed by atoms with Crippen LogP contribution in [0.3, 0.4) is 0 Å². The summed E-state index contributed by atoms with van der Waals surface area (Å²) in [7, 11) is -1.48. The largest absolute Gasteiger partial charge is 0.496 e. The van der Waals surface area contributed by atoms with Crippen LogP contribution in [0.5, 0.6) is 5.75 Å². The summed E-state index contributed by atoms with van der Waals surface area (Å²) in [6.07, 6.45) is 0. The summed E-state index contributed by atoms with van der Waals surface area (Å²) >= 11 is 6.07. The molecule has 26 heavy (non-hydrogen) atoms. The second kappa shape index (κ2) is 9.45. The molecule has 0 aliphatic carbocycles. The molecule has 0 unspecified atom stereocenters. The second-order valence-corrected chi connectivity index (χ2v) is 9.81. The summed E-state index contributed by atoms with van der Waals surface area (Å²) in [5.41, 5.74) is 0.884. The maximum atomic E-state index is 12.2. The molecule has 1 saturated heterocycles. The van der Waals surface area contributed by atoms with E-state index in [1.165, 1.54) is 0 Å². The first kappa shape index (κ1) is 23.3. The van der Waals surface area contributed by atoms with E-state index in [0.717, 1.165) is 11.3 Å². The van der Waals surface area contributed by atoms with E-state index < -0.39 is 14.6 Å². The van der Waals surface area contributed by atoms with Gasteiger partial charge in [0.15, 0.2) is 15.8 Å². The minimum Gasteiger partial charge on any atom is -0.496 e. The first-order chi connectivity index (χ1) is 11.7. The van der Waals surface area contributed by atoms with Gasteiger partial charge in [-0.05, 0) is 39.0 Å². The monoisotopic (exact) mass is 515 g/mol. The molecule has 9 heteroatoms. The van der Waals surface area contributed by atoms with Crippen LogP contribution in [-0.4, -0.2) is 56.5 Å². The molecule has 1 aromatic carbocycles. The lowest BCUT2D eigenvalue weighted by Crippen LogP contribution is -2.57. The SMILES string of the molecule is CCNC(=NCc1cc(Cl)ccc1OC)N1CCS(=O)(=O)C(C)(C)C1.I. The number of ether oxygens (including phenoxy) is 1. The molecule has 1 aromatic rings. The highest BCUT2D eigenvalue weighted by Gasteiger charge is 2.40. The Morgan fingerprint density at radius 3 is 2.69 bits per heavy atom. The van der Waals surface area contributed by atoms with E-state index in [-0.39, 0.29) is 29.7 Å². The quantitative estimate of drug-likeness (QED) is 0.379. The Hall–Kier alpha value is -0.740. The van der Waals surface area contributed by atoms with Gasteiger partial charge >= 0.3 is 0 Å². The molecule has 1 aliphatic rings. The summed E-state index contributed by atoms with van der Waals surface area (Å²) in [6, 6.07) is 5.42. The molecular formula is C17H27ClIN3O3S. The highest BCUT2D eigenvalue weighted by molar-refractivity contribution is 14.0. The normalized spacial score (nSPS) is 18.8. The van der Waals surface area contributed by atoms with E-state index in [9.17, 15) is 8.42 Å². The van der Waals surface area contributed by atoms with Gasteiger partial charge in [0, 0.05) is 30.2 Å². The third-order valence-electron chi connectivity index (χ3n) is 4.32.